The molecule has 1 heterocycles. The third kappa shape index (κ3) is 24.0. The molecule has 0 radical (unpaired) electrons. The summed E-state index contributed by atoms with van der Waals surface area (Å²) in [5.41, 5.74) is 18.2. The lowest BCUT2D eigenvalue weighted by Crippen LogP contribution is -2.60. The fourth-order valence-electron chi connectivity index (χ4n) is 7.78. The third-order valence-corrected chi connectivity index (χ3v) is 12.3. The normalized spacial score (nSPS) is 14.7. The Kier molecular flexibility index (Phi) is 29.6. The van der Waals surface area contributed by atoms with Crippen LogP contribution >= 0.6 is 0 Å². The Labute approximate surface area is 454 Å². The van der Waals surface area contributed by atoms with Gasteiger partial charge in [0.2, 0.25) is 53.2 Å². The van der Waals surface area contributed by atoms with Crippen LogP contribution < -0.4 is 65.1 Å². The van der Waals surface area contributed by atoms with Crippen LogP contribution in [0.3, 0.4) is 0 Å². The first-order valence-electron chi connectivity index (χ1n) is 26.3. The maximum absolute atomic E-state index is 13.9. The molecule has 0 saturated heterocycles. The number of phenolic OH excluding ortho intramolecular Hbond substituents is 1. The SMILES string of the molecule is CC(C)C[C@H](NC(=O)[C@@H](N)CCCCN)C(=O)N[C@H](C(=O)N[C@@H](CCCCN)C(=O)NCC(=O)N[C@@H](Cc1cnc[nH]1)C(=O)N[C@@H](C)C(=O)N[C@@H](Cc1ccc(O)cc1)C(=O)N[C@@H](CO)C(=O)N[C@H](C(=O)O)C(C)C)C(C)C. The number of carbonyl (C=O) groups excluding carboxylic acids is 9. The van der Waals surface area contributed by atoms with Crippen molar-refractivity contribution in [3.05, 3.63) is 48.0 Å². The predicted molar refractivity (Wildman–Crippen MR) is 286 cm³/mol. The summed E-state index contributed by atoms with van der Waals surface area (Å²) in [5.74, 6) is -9.76. The van der Waals surface area contributed by atoms with Crippen LogP contribution in [0.25, 0.3) is 0 Å². The number of aromatic amines is 1. The van der Waals surface area contributed by atoms with Crippen molar-refractivity contribution >= 4 is 59.1 Å². The van der Waals surface area contributed by atoms with Gasteiger partial charge in [-0.15, -0.1) is 0 Å². The van der Waals surface area contributed by atoms with Crippen molar-refractivity contribution in [3.63, 3.8) is 0 Å². The standard InChI is InChI=1S/C51H84N14O13/c1-27(2)20-36(62-44(70)34(54)12-8-10-18-52)48(74)64-41(28(3)4)50(76)60-35(13-9-11-19-53)45(71)56-24-40(68)59-38(22-32-23-55-26-57-32)46(72)58-30(7)43(69)61-37(21-31-14-16-33(67)17-15-31)47(73)63-39(25-66)49(75)65-42(29(5)6)51(77)78/h14-17,23,26-30,34-39,41-42,66-67H,8-13,18-22,24-25,52-54H2,1-7H3,(H,55,57)(H,56,71)(H,58,72)(H,59,68)(H,60,76)(H,61,69)(H,62,70)(H,63,73)(H,64,74)(H,65,75)(H,77,78)/t30-,34-,35-,36-,37-,38-,39-,41-,42-/m0/s1. The lowest BCUT2D eigenvalue weighted by Gasteiger charge is -2.28. The molecular weight excluding hydrogens is 1020 g/mol. The van der Waals surface area contributed by atoms with Crippen LogP contribution in [0.5, 0.6) is 5.75 Å². The number of H-pyrrole nitrogens is 1. The van der Waals surface area contributed by atoms with Crippen LogP contribution in [0.15, 0.2) is 36.8 Å². The van der Waals surface area contributed by atoms with Gasteiger partial charge in [-0.05, 0) is 94.0 Å². The summed E-state index contributed by atoms with van der Waals surface area (Å²) in [7, 11) is 0. The summed E-state index contributed by atoms with van der Waals surface area (Å²) in [6.45, 7) is 10.6. The number of phenols is 1. The van der Waals surface area contributed by atoms with E-state index in [2.05, 4.69) is 57.8 Å². The van der Waals surface area contributed by atoms with Gasteiger partial charge in [-0.3, -0.25) is 43.2 Å². The zero-order valence-electron chi connectivity index (χ0n) is 45.7. The minimum Gasteiger partial charge on any atom is -0.508 e. The quantitative estimate of drug-likeness (QED) is 0.0301. The van der Waals surface area contributed by atoms with Gasteiger partial charge in [-0.2, -0.15) is 0 Å². The molecule has 2 rings (SSSR count). The Morgan fingerprint density at radius 1 is 0.577 bits per heavy atom. The third-order valence-electron chi connectivity index (χ3n) is 12.3. The van der Waals surface area contributed by atoms with E-state index in [4.69, 9.17) is 17.2 Å². The lowest BCUT2D eigenvalue weighted by molar-refractivity contribution is -0.144. The van der Waals surface area contributed by atoms with Crippen molar-refractivity contribution in [1.82, 2.24) is 57.8 Å². The summed E-state index contributed by atoms with van der Waals surface area (Å²) >= 11 is 0. The number of amides is 9. The second-order valence-corrected chi connectivity index (χ2v) is 20.3. The summed E-state index contributed by atoms with van der Waals surface area (Å²) in [6, 6.07) is -5.90. The highest BCUT2D eigenvalue weighted by Gasteiger charge is 2.35. The Balaban J connectivity index is 2.25. The minimum atomic E-state index is -1.64. The topological polar surface area (TPSA) is 446 Å². The number of nitrogens with zero attached hydrogens (tertiary/aromatic N) is 1. The number of carboxylic acid groups (broad SMARTS) is 1. The number of nitrogens with one attached hydrogen (secondary N) is 10. The Hall–Kier alpha value is -7.23. The molecule has 0 aliphatic rings. The van der Waals surface area contributed by atoms with Gasteiger partial charge in [0.1, 0.15) is 54.1 Å². The first-order valence-corrected chi connectivity index (χ1v) is 26.3. The summed E-state index contributed by atoms with van der Waals surface area (Å²) < 4.78 is 0. The number of hydrogen-bond donors (Lipinski definition) is 16. The minimum absolute atomic E-state index is 0.0334. The van der Waals surface area contributed by atoms with Gasteiger partial charge < -0.3 is 85.4 Å². The molecule has 436 valence electrons. The fraction of sp³-hybridized carbons (Fsp3) is 0.627. The molecule has 0 fully saturated rings. The summed E-state index contributed by atoms with van der Waals surface area (Å²) in [5, 5.41) is 52.2. The number of aliphatic carboxylic acids is 1. The van der Waals surface area contributed by atoms with Crippen LogP contribution in [-0.2, 0) is 60.8 Å². The van der Waals surface area contributed by atoms with Crippen molar-refractivity contribution < 1.29 is 63.3 Å². The van der Waals surface area contributed by atoms with Gasteiger partial charge in [0.05, 0.1) is 25.5 Å². The van der Waals surface area contributed by atoms with Gasteiger partial charge in [0.15, 0.2) is 0 Å². The van der Waals surface area contributed by atoms with E-state index in [0.717, 1.165) is 0 Å². The molecule has 0 bridgehead atoms. The molecular formula is C51H84N14O13. The number of carbonyl (C=O) groups is 10. The molecule has 1 aromatic heterocycles. The zero-order valence-corrected chi connectivity index (χ0v) is 45.7. The number of benzene rings is 1. The molecule has 1 aromatic carbocycles. The first kappa shape index (κ1) is 66.9. The van der Waals surface area contributed by atoms with Crippen molar-refractivity contribution in [2.75, 3.05) is 26.2 Å². The van der Waals surface area contributed by atoms with E-state index in [1.54, 1.807) is 27.7 Å². The molecule has 2 aromatic rings. The highest BCUT2D eigenvalue weighted by Crippen LogP contribution is 2.14. The first-order chi connectivity index (χ1) is 36.8. The zero-order chi connectivity index (χ0) is 58.6. The molecule has 27 nitrogen and oxygen atoms in total. The molecule has 27 heteroatoms. The number of hydrogen-bond acceptors (Lipinski definition) is 16. The van der Waals surface area contributed by atoms with E-state index in [0.29, 0.717) is 49.9 Å². The average Bonchev–Trinajstić information content (AvgIpc) is 3.90. The van der Waals surface area contributed by atoms with Gasteiger partial charge in [-0.25, -0.2) is 9.78 Å². The van der Waals surface area contributed by atoms with Crippen LogP contribution in [0.4, 0.5) is 0 Å². The van der Waals surface area contributed by atoms with E-state index in [1.807, 2.05) is 13.8 Å². The monoisotopic (exact) mass is 1100 g/mol. The lowest BCUT2D eigenvalue weighted by atomic mass is 9.98. The molecule has 0 aliphatic carbocycles. The molecule has 78 heavy (non-hydrogen) atoms. The molecule has 0 saturated carbocycles. The second-order valence-electron chi connectivity index (χ2n) is 20.3. The number of aliphatic hydroxyl groups is 1. The molecule has 0 spiro atoms. The van der Waals surface area contributed by atoms with Gasteiger partial charge >= 0.3 is 5.97 Å². The predicted octanol–water partition coefficient (Wildman–Crippen LogP) is -3.06. The van der Waals surface area contributed by atoms with Crippen molar-refractivity contribution in [3.8, 4) is 5.75 Å². The summed E-state index contributed by atoms with van der Waals surface area (Å²) in [4.78, 5) is 141. The Morgan fingerprint density at radius 3 is 1.65 bits per heavy atom. The smallest absolute Gasteiger partial charge is 0.326 e. The summed E-state index contributed by atoms with van der Waals surface area (Å²) in [6.07, 6.45) is 5.20. The van der Waals surface area contributed by atoms with E-state index >= 15 is 0 Å². The van der Waals surface area contributed by atoms with Crippen molar-refractivity contribution in [2.24, 2.45) is 35.0 Å². The molecule has 9 amide bonds. The average molecular weight is 1100 g/mol. The number of aromatic hydroxyl groups is 1. The maximum Gasteiger partial charge on any atom is 0.326 e. The number of imidazole rings is 1. The van der Waals surface area contributed by atoms with Gasteiger partial charge in [-0.1, -0.05) is 60.1 Å². The number of aliphatic hydroxyl groups excluding tert-OH is 1. The maximum atomic E-state index is 13.9. The van der Waals surface area contributed by atoms with Crippen LogP contribution in [0, 0.1) is 17.8 Å². The van der Waals surface area contributed by atoms with E-state index in [9.17, 15) is 63.3 Å². The van der Waals surface area contributed by atoms with Gasteiger partial charge in [0, 0.05) is 24.7 Å². The number of carboxylic acids is 1. The number of unbranched alkanes of at least 4 members (excludes halogenated alkanes) is 2. The molecule has 0 aliphatic heterocycles. The molecule has 0 unspecified atom stereocenters. The highest BCUT2D eigenvalue weighted by atomic mass is 16.4. The highest BCUT2D eigenvalue weighted by molar-refractivity contribution is 5.98. The largest absolute Gasteiger partial charge is 0.508 e. The van der Waals surface area contributed by atoms with Crippen LogP contribution in [0.2, 0.25) is 0 Å². The number of rotatable bonds is 36. The number of aromatic nitrogens is 2. The van der Waals surface area contributed by atoms with Gasteiger partial charge in [0.25, 0.3) is 0 Å². The van der Waals surface area contributed by atoms with E-state index < -0.39 is 138 Å². The fourth-order valence-corrected chi connectivity index (χ4v) is 7.78. The Morgan fingerprint density at radius 2 is 1.10 bits per heavy atom. The second kappa shape index (κ2) is 34.5. The molecule has 19 N–H and O–H groups in total. The van der Waals surface area contributed by atoms with Crippen molar-refractivity contribution in [2.45, 2.75) is 161 Å². The van der Waals surface area contributed by atoms with E-state index in [-0.39, 0.29) is 43.9 Å². The van der Waals surface area contributed by atoms with Crippen molar-refractivity contribution in [1.29, 1.82) is 0 Å². The van der Waals surface area contributed by atoms with E-state index in [1.165, 1.54) is 43.7 Å². The number of nitrogens with two attached hydrogens (primary N) is 3. The Bertz CT molecular complexity index is 2270. The van der Waals surface area contributed by atoms with Crippen LogP contribution in [0.1, 0.15) is 105 Å². The van der Waals surface area contributed by atoms with Crippen LogP contribution in [-0.4, -0.2) is 165 Å². The molecule has 9 atom stereocenters.